The first kappa shape index (κ1) is 16.4. The maximum Gasteiger partial charge on any atom is 0.342 e. The van der Waals surface area contributed by atoms with Gasteiger partial charge in [-0.2, -0.15) is 0 Å². The SMILES string of the molecule is CCOC(=O)c1c2cccccc-2nc1NC(=O)Nc1ccccc1. The average molecular weight is 335 g/mol. The van der Waals surface area contributed by atoms with Gasteiger partial charge in [-0.15, -0.1) is 0 Å². The second-order valence-corrected chi connectivity index (χ2v) is 5.21. The number of carbonyl (C=O) groups is 2. The van der Waals surface area contributed by atoms with Crippen molar-refractivity contribution in [1.82, 2.24) is 4.98 Å². The summed E-state index contributed by atoms with van der Waals surface area (Å²) in [5.74, 6) is -0.348. The van der Waals surface area contributed by atoms with E-state index in [0.29, 0.717) is 16.9 Å². The van der Waals surface area contributed by atoms with E-state index in [1.807, 2.05) is 30.3 Å². The van der Waals surface area contributed by atoms with E-state index >= 15 is 0 Å². The molecule has 3 rings (SSSR count). The largest absolute Gasteiger partial charge is 0.462 e. The fraction of sp³-hybridized carbons (Fsp3) is 0.105. The molecule has 25 heavy (non-hydrogen) atoms. The monoisotopic (exact) mass is 335 g/mol. The van der Waals surface area contributed by atoms with Gasteiger partial charge in [0.25, 0.3) is 0 Å². The average Bonchev–Trinajstić information content (AvgIpc) is 2.77. The van der Waals surface area contributed by atoms with E-state index < -0.39 is 12.0 Å². The number of carbonyl (C=O) groups excluding carboxylic acids is 2. The number of nitrogens with zero attached hydrogens (tertiary/aromatic N) is 1. The molecule has 1 aliphatic carbocycles. The van der Waals surface area contributed by atoms with Crippen molar-refractivity contribution in [2.45, 2.75) is 6.92 Å². The molecule has 0 radical (unpaired) electrons. The second kappa shape index (κ2) is 7.44. The lowest BCUT2D eigenvalue weighted by molar-refractivity contribution is 0.0529. The first-order valence-electron chi connectivity index (χ1n) is 7.88. The third kappa shape index (κ3) is 3.74. The van der Waals surface area contributed by atoms with E-state index in [-0.39, 0.29) is 18.0 Å². The summed E-state index contributed by atoms with van der Waals surface area (Å²) in [6.45, 7) is 1.96. The van der Waals surface area contributed by atoms with Crippen LogP contribution in [0.5, 0.6) is 0 Å². The van der Waals surface area contributed by atoms with Gasteiger partial charge in [-0.05, 0) is 25.1 Å². The van der Waals surface area contributed by atoms with Crippen LogP contribution in [-0.4, -0.2) is 23.6 Å². The molecule has 2 amide bonds. The van der Waals surface area contributed by atoms with Crippen molar-refractivity contribution in [3.8, 4) is 11.3 Å². The molecular formula is C19H17N3O3. The highest BCUT2D eigenvalue weighted by molar-refractivity contribution is 6.08. The van der Waals surface area contributed by atoms with E-state index in [9.17, 15) is 9.59 Å². The van der Waals surface area contributed by atoms with Gasteiger partial charge in [-0.25, -0.2) is 14.6 Å². The standard InChI is InChI=1S/C19H17N3O3/c1-2-25-18(23)16-14-11-7-4-8-12-15(14)21-17(16)22-19(24)20-13-9-5-3-6-10-13/h3-12H,2H2,1H3,(H2,20,21,22,24). The summed E-state index contributed by atoms with van der Waals surface area (Å²) < 4.78 is 5.11. The highest BCUT2D eigenvalue weighted by atomic mass is 16.5. The lowest BCUT2D eigenvalue weighted by Crippen LogP contribution is -2.21. The van der Waals surface area contributed by atoms with Crippen LogP contribution in [0.25, 0.3) is 11.3 Å². The Balaban J connectivity index is 1.92. The molecule has 1 aromatic rings. The van der Waals surface area contributed by atoms with Gasteiger partial charge in [0.2, 0.25) is 0 Å². The molecule has 6 nitrogen and oxygen atoms in total. The van der Waals surface area contributed by atoms with Crippen LogP contribution in [0.3, 0.4) is 0 Å². The smallest absolute Gasteiger partial charge is 0.342 e. The number of rotatable bonds is 4. The molecule has 0 unspecified atom stereocenters. The molecule has 2 N–H and O–H groups in total. The maximum atomic E-state index is 12.3. The molecule has 1 aliphatic heterocycles. The molecule has 0 aromatic heterocycles. The molecule has 6 heteroatoms. The van der Waals surface area contributed by atoms with Crippen molar-refractivity contribution in [1.29, 1.82) is 0 Å². The molecule has 2 aliphatic rings. The zero-order valence-electron chi connectivity index (χ0n) is 13.7. The summed E-state index contributed by atoms with van der Waals surface area (Å²) in [6.07, 6.45) is 0. The van der Waals surface area contributed by atoms with Crippen molar-refractivity contribution in [2.24, 2.45) is 0 Å². The second-order valence-electron chi connectivity index (χ2n) is 5.21. The topological polar surface area (TPSA) is 80.3 Å². The van der Waals surface area contributed by atoms with Gasteiger partial charge in [0.05, 0.1) is 12.3 Å². The fourth-order valence-corrected chi connectivity index (χ4v) is 2.44. The van der Waals surface area contributed by atoms with E-state index in [4.69, 9.17) is 4.74 Å². The fourth-order valence-electron chi connectivity index (χ4n) is 2.44. The summed E-state index contributed by atoms with van der Waals surface area (Å²) in [5.41, 5.74) is 2.11. The number of hydrogen-bond donors (Lipinski definition) is 2. The molecule has 0 spiro atoms. The summed E-state index contributed by atoms with van der Waals surface area (Å²) >= 11 is 0. The van der Waals surface area contributed by atoms with E-state index in [2.05, 4.69) is 15.6 Å². The van der Waals surface area contributed by atoms with E-state index in [1.54, 1.807) is 37.3 Å². The minimum Gasteiger partial charge on any atom is -0.462 e. The third-order valence-electron chi connectivity index (χ3n) is 3.50. The van der Waals surface area contributed by atoms with Crippen LogP contribution < -0.4 is 10.6 Å². The van der Waals surface area contributed by atoms with Gasteiger partial charge in [0.15, 0.2) is 0 Å². The van der Waals surface area contributed by atoms with Gasteiger partial charge >= 0.3 is 12.0 Å². The summed E-state index contributed by atoms with van der Waals surface area (Å²) in [5, 5.41) is 5.33. The predicted molar refractivity (Wildman–Crippen MR) is 95.9 cm³/mol. The molecule has 0 atom stereocenters. The van der Waals surface area contributed by atoms with Crippen LogP contribution in [0.15, 0.2) is 60.7 Å². The predicted octanol–water partition coefficient (Wildman–Crippen LogP) is 4.01. The van der Waals surface area contributed by atoms with Crippen LogP contribution in [-0.2, 0) is 4.74 Å². The van der Waals surface area contributed by atoms with E-state index in [0.717, 1.165) is 0 Å². The Morgan fingerprint density at radius 3 is 2.36 bits per heavy atom. The van der Waals surface area contributed by atoms with Crippen molar-refractivity contribution in [3.63, 3.8) is 0 Å². The summed E-state index contributed by atoms with van der Waals surface area (Å²) in [6, 6.07) is 17.5. The normalized spacial score (nSPS) is 10.3. The van der Waals surface area contributed by atoms with Gasteiger partial charge in [0.1, 0.15) is 11.4 Å². The number of amides is 2. The molecule has 0 fully saturated rings. The highest BCUT2D eigenvalue weighted by Gasteiger charge is 2.25. The van der Waals surface area contributed by atoms with Gasteiger partial charge in [-0.3, -0.25) is 5.32 Å². The molecule has 1 heterocycles. The highest BCUT2D eigenvalue weighted by Crippen LogP contribution is 2.31. The van der Waals surface area contributed by atoms with Crippen LogP contribution in [0.2, 0.25) is 0 Å². The number of esters is 1. The summed E-state index contributed by atoms with van der Waals surface area (Å²) in [4.78, 5) is 29.0. The molecule has 0 saturated carbocycles. The molecule has 0 saturated heterocycles. The van der Waals surface area contributed by atoms with E-state index in [1.165, 1.54) is 0 Å². The maximum absolute atomic E-state index is 12.3. The van der Waals surface area contributed by atoms with Crippen molar-refractivity contribution < 1.29 is 14.3 Å². The quantitative estimate of drug-likeness (QED) is 0.706. The Hall–Kier alpha value is -3.41. The number of fused-ring (bicyclic) bond motifs is 1. The first-order valence-corrected chi connectivity index (χ1v) is 7.88. The molecular weight excluding hydrogens is 318 g/mol. The minimum absolute atomic E-state index is 0.174. The first-order chi connectivity index (χ1) is 12.2. The Morgan fingerprint density at radius 1 is 0.960 bits per heavy atom. The zero-order chi connectivity index (χ0) is 17.6. The van der Waals surface area contributed by atoms with Gasteiger partial charge in [-0.1, -0.05) is 42.5 Å². The molecule has 126 valence electrons. The number of benzene rings is 1. The minimum atomic E-state index is -0.522. The van der Waals surface area contributed by atoms with Gasteiger partial charge in [0, 0.05) is 11.3 Å². The van der Waals surface area contributed by atoms with Gasteiger partial charge < -0.3 is 10.1 Å². The van der Waals surface area contributed by atoms with Crippen LogP contribution in [0, 0.1) is 0 Å². The van der Waals surface area contributed by atoms with Crippen molar-refractivity contribution in [3.05, 3.63) is 66.2 Å². The lowest BCUT2D eigenvalue weighted by atomic mass is 10.1. The number of hydrogen-bond acceptors (Lipinski definition) is 4. The summed E-state index contributed by atoms with van der Waals surface area (Å²) in [7, 11) is 0. The Bertz CT molecular complexity index is 865. The molecule has 0 bridgehead atoms. The number of nitrogens with one attached hydrogen (secondary N) is 2. The number of anilines is 2. The third-order valence-corrected chi connectivity index (χ3v) is 3.50. The van der Waals surface area contributed by atoms with Crippen LogP contribution >= 0.6 is 0 Å². The number of aromatic nitrogens is 1. The number of ether oxygens (including phenoxy) is 1. The number of para-hydroxylation sites is 1. The zero-order valence-corrected chi connectivity index (χ0v) is 13.7. The Morgan fingerprint density at radius 2 is 1.64 bits per heavy atom. The van der Waals surface area contributed by atoms with Crippen LogP contribution in [0.4, 0.5) is 16.3 Å². The lowest BCUT2D eigenvalue weighted by Gasteiger charge is -2.07. The van der Waals surface area contributed by atoms with Crippen molar-refractivity contribution >= 4 is 23.5 Å². The van der Waals surface area contributed by atoms with Crippen molar-refractivity contribution in [2.75, 3.05) is 17.2 Å². The number of urea groups is 1. The van der Waals surface area contributed by atoms with Crippen LogP contribution in [0.1, 0.15) is 17.3 Å². The Kier molecular flexibility index (Phi) is 4.89. The molecule has 1 aromatic carbocycles. The Labute approximate surface area is 145 Å².